The van der Waals surface area contributed by atoms with Crippen LogP contribution in [0, 0.1) is 0 Å². The molecule has 0 aliphatic rings. The third-order valence-electron chi connectivity index (χ3n) is 2.60. The molecule has 0 aliphatic heterocycles. The zero-order valence-electron chi connectivity index (χ0n) is 10.8. The Balaban J connectivity index is 1.66. The van der Waals surface area contributed by atoms with Gasteiger partial charge in [-0.3, -0.25) is 4.98 Å². The van der Waals surface area contributed by atoms with Gasteiger partial charge in [-0.1, -0.05) is 33.2 Å². The van der Waals surface area contributed by atoms with E-state index in [1.54, 1.807) is 30.7 Å². The van der Waals surface area contributed by atoms with Crippen molar-refractivity contribution in [2.75, 3.05) is 5.43 Å². The topological polar surface area (TPSA) is 76.2 Å². The van der Waals surface area contributed by atoms with Gasteiger partial charge in [0.15, 0.2) is 0 Å². The predicted octanol–water partition coefficient (Wildman–Crippen LogP) is 3.34. The fraction of sp³-hybridized carbons (Fsp3) is 0. The Hall–Kier alpha value is -2.54. The molecule has 0 fully saturated rings. The Bertz CT molecular complexity index is 740. The summed E-state index contributed by atoms with van der Waals surface area (Å²) in [5.41, 5.74) is 4.47. The van der Waals surface area contributed by atoms with Crippen LogP contribution in [0.2, 0.25) is 0 Å². The molecule has 1 N–H and O–H groups in total. The highest BCUT2D eigenvalue weighted by atomic mass is 79.9. The van der Waals surface area contributed by atoms with Crippen LogP contribution in [-0.4, -0.2) is 21.4 Å². The van der Waals surface area contributed by atoms with E-state index in [4.69, 9.17) is 4.42 Å². The lowest BCUT2D eigenvalue weighted by Gasteiger charge is -1.94. The predicted molar refractivity (Wildman–Crippen MR) is 82.9 cm³/mol. The molecule has 0 spiro atoms. The van der Waals surface area contributed by atoms with Crippen LogP contribution in [0.4, 0.5) is 6.01 Å². The number of nitrogens with zero attached hydrogens (tertiary/aromatic N) is 4. The number of nitrogens with one attached hydrogen (secondary N) is 1. The molecular formula is C14H10BrN5O. The maximum atomic E-state index is 5.44. The van der Waals surface area contributed by atoms with E-state index >= 15 is 0 Å². The fourth-order valence-corrected chi connectivity index (χ4v) is 1.85. The average Bonchev–Trinajstić information content (AvgIpc) is 2.99. The van der Waals surface area contributed by atoms with Crippen molar-refractivity contribution in [2.24, 2.45) is 5.10 Å². The van der Waals surface area contributed by atoms with Gasteiger partial charge in [0.05, 0.1) is 6.21 Å². The third kappa shape index (κ3) is 3.51. The molecule has 0 aliphatic carbocycles. The minimum absolute atomic E-state index is 0.232. The maximum absolute atomic E-state index is 5.44. The summed E-state index contributed by atoms with van der Waals surface area (Å²) in [7, 11) is 0. The summed E-state index contributed by atoms with van der Waals surface area (Å²) >= 11 is 3.38. The van der Waals surface area contributed by atoms with Crippen LogP contribution in [0.3, 0.4) is 0 Å². The first-order valence-electron chi connectivity index (χ1n) is 6.10. The number of hydrogen-bond acceptors (Lipinski definition) is 6. The quantitative estimate of drug-likeness (QED) is 0.580. The van der Waals surface area contributed by atoms with E-state index in [2.05, 4.69) is 41.6 Å². The van der Waals surface area contributed by atoms with E-state index in [1.165, 1.54) is 0 Å². The lowest BCUT2D eigenvalue weighted by atomic mass is 10.2. The van der Waals surface area contributed by atoms with Gasteiger partial charge in [-0.2, -0.15) is 5.10 Å². The summed E-state index contributed by atoms with van der Waals surface area (Å²) in [6, 6.07) is 11.6. The number of benzene rings is 1. The highest BCUT2D eigenvalue weighted by molar-refractivity contribution is 9.10. The molecule has 0 amide bonds. The number of anilines is 1. The standard InChI is InChI=1S/C14H10BrN5O/c15-12-3-1-10(2-4-12)9-17-19-14-20-18-13(21-14)11-5-7-16-8-6-11/h1-9H,(H,19,20)/b17-9+. The summed E-state index contributed by atoms with van der Waals surface area (Å²) < 4.78 is 6.46. The van der Waals surface area contributed by atoms with Crippen LogP contribution in [0.5, 0.6) is 0 Å². The van der Waals surface area contributed by atoms with Crippen molar-refractivity contribution < 1.29 is 4.42 Å². The monoisotopic (exact) mass is 343 g/mol. The Morgan fingerprint density at radius 3 is 2.57 bits per heavy atom. The van der Waals surface area contributed by atoms with Crippen molar-refractivity contribution >= 4 is 28.2 Å². The molecule has 2 heterocycles. The fourth-order valence-electron chi connectivity index (χ4n) is 1.59. The van der Waals surface area contributed by atoms with Gasteiger partial charge in [-0.15, -0.1) is 5.10 Å². The Kier molecular flexibility index (Phi) is 4.02. The normalized spacial score (nSPS) is 10.9. The van der Waals surface area contributed by atoms with Crippen LogP contribution in [-0.2, 0) is 0 Å². The molecule has 0 saturated carbocycles. The van der Waals surface area contributed by atoms with E-state index in [1.807, 2.05) is 24.3 Å². The first-order chi connectivity index (χ1) is 10.3. The highest BCUT2D eigenvalue weighted by Crippen LogP contribution is 2.18. The van der Waals surface area contributed by atoms with E-state index in [0.29, 0.717) is 5.89 Å². The molecule has 6 nitrogen and oxygen atoms in total. The smallest absolute Gasteiger partial charge is 0.336 e. The van der Waals surface area contributed by atoms with Gasteiger partial charge in [0.1, 0.15) is 0 Å². The molecule has 21 heavy (non-hydrogen) atoms. The lowest BCUT2D eigenvalue weighted by molar-refractivity contribution is 0.583. The molecule has 0 radical (unpaired) electrons. The van der Waals surface area contributed by atoms with Crippen molar-refractivity contribution in [1.29, 1.82) is 0 Å². The Labute approximate surface area is 129 Å². The molecule has 2 aromatic heterocycles. The molecule has 0 atom stereocenters. The molecule has 1 aromatic carbocycles. The number of hydrazone groups is 1. The number of aromatic nitrogens is 3. The molecule has 104 valence electrons. The largest absolute Gasteiger partial charge is 0.402 e. The average molecular weight is 344 g/mol. The first-order valence-corrected chi connectivity index (χ1v) is 6.89. The van der Waals surface area contributed by atoms with Crippen LogP contribution in [0.1, 0.15) is 5.56 Å². The molecule has 7 heteroatoms. The van der Waals surface area contributed by atoms with Gasteiger partial charge in [0, 0.05) is 22.4 Å². The SMILES string of the molecule is Brc1ccc(/C=N/Nc2nnc(-c3ccncc3)o2)cc1. The van der Waals surface area contributed by atoms with Crippen LogP contribution in [0.25, 0.3) is 11.5 Å². The lowest BCUT2D eigenvalue weighted by Crippen LogP contribution is -1.90. The van der Waals surface area contributed by atoms with Gasteiger partial charge in [0.2, 0.25) is 5.89 Å². The van der Waals surface area contributed by atoms with E-state index in [9.17, 15) is 0 Å². The van der Waals surface area contributed by atoms with Gasteiger partial charge in [0.25, 0.3) is 0 Å². The number of pyridine rings is 1. The molecule has 3 aromatic rings. The molecular weight excluding hydrogens is 334 g/mol. The van der Waals surface area contributed by atoms with Gasteiger partial charge >= 0.3 is 6.01 Å². The van der Waals surface area contributed by atoms with E-state index < -0.39 is 0 Å². The number of rotatable bonds is 4. The van der Waals surface area contributed by atoms with Crippen molar-refractivity contribution in [3.8, 4) is 11.5 Å². The number of hydrogen-bond donors (Lipinski definition) is 1. The first kappa shape index (κ1) is 13.4. The minimum atomic E-state index is 0.232. The van der Waals surface area contributed by atoms with Crippen molar-refractivity contribution in [3.63, 3.8) is 0 Å². The molecule has 3 rings (SSSR count). The van der Waals surface area contributed by atoms with Crippen molar-refractivity contribution in [1.82, 2.24) is 15.2 Å². The van der Waals surface area contributed by atoms with Crippen LogP contribution in [0.15, 0.2) is 62.8 Å². The second-order valence-corrected chi connectivity index (χ2v) is 4.99. The van der Waals surface area contributed by atoms with Crippen molar-refractivity contribution in [2.45, 2.75) is 0 Å². The van der Waals surface area contributed by atoms with Gasteiger partial charge < -0.3 is 4.42 Å². The minimum Gasteiger partial charge on any atom is -0.402 e. The Morgan fingerprint density at radius 1 is 1.05 bits per heavy atom. The molecule has 0 unspecified atom stereocenters. The zero-order chi connectivity index (χ0) is 14.5. The third-order valence-corrected chi connectivity index (χ3v) is 3.12. The van der Waals surface area contributed by atoms with E-state index in [0.717, 1.165) is 15.6 Å². The summed E-state index contributed by atoms with van der Waals surface area (Å²) in [5.74, 6) is 0.416. The highest BCUT2D eigenvalue weighted by Gasteiger charge is 2.06. The maximum Gasteiger partial charge on any atom is 0.336 e. The second-order valence-electron chi connectivity index (χ2n) is 4.07. The summed E-state index contributed by atoms with van der Waals surface area (Å²) in [6.07, 6.45) is 5.00. The zero-order valence-corrected chi connectivity index (χ0v) is 12.4. The summed E-state index contributed by atoms with van der Waals surface area (Å²) in [4.78, 5) is 3.93. The molecule has 0 bridgehead atoms. The number of halogens is 1. The summed E-state index contributed by atoms with van der Waals surface area (Å²) in [5, 5.41) is 11.9. The summed E-state index contributed by atoms with van der Waals surface area (Å²) in [6.45, 7) is 0. The molecule has 0 saturated heterocycles. The van der Waals surface area contributed by atoms with Crippen molar-refractivity contribution in [3.05, 3.63) is 58.8 Å². The Morgan fingerprint density at radius 2 is 1.81 bits per heavy atom. The van der Waals surface area contributed by atoms with Crippen LogP contribution >= 0.6 is 15.9 Å². The van der Waals surface area contributed by atoms with E-state index in [-0.39, 0.29) is 6.01 Å². The van der Waals surface area contributed by atoms with Gasteiger partial charge in [-0.05, 0) is 29.8 Å². The van der Waals surface area contributed by atoms with Crippen LogP contribution < -0.4 is 5.43 Å². The second kappa shape index (κ2) is 6.27. The van der Waals surface area contributed by atoms with Gasteiger partial charge in [-0.25, -0.2) is 5.43 Å².